The van der Waals surface area contributed by atoms with E-state index in [9.17, 15) is 9.18 Å². The van der Waals surface area contributed by atoms with Gasteiger partial charge in [0.15, 0.2) is 18.8 Å². The summed E-state index contributed by atoms with van der Waals surface area (Å²) in [5.74, 6) is 0.312. The van der Waals surface area contributed by atoms with Gasteiger partial charge < -0.3 is 19.3 Å². The number of aldehydes is 1. The molecule has 0 radical (unpaired) electrons. The summed E-state index contributed by atoms with van der Waals surface area (Å²) in [5, 5.41) is 0. The Morgan fingerprint density at radius 1 is 1.32 bits per heavy atom. The summed E-state index contributed by atoms with van der Waals surface area (Å²) in [7, 11) is 0. The van der Waals surface area contributed by atoms with Gasteiger partial charge in [0.25, 0.3) is 0 Å². The van der Waals surface area contributed by atoms with E-state index < -0.39 is 12.5 Å². The van der Waals surface area contributed by atoms with E-state index in [-0.39, 0.29) is 12.7 Å². The molecule has 0 saturated carbocycles. The van der Waals surface area contributed by atoms with Crippen LogP contribution in [0.2, 0.25) is 0 Å². The summed E-state index contributed by atoms with van der Waals surface area (Å²) in [6.07, 6.45) is -1.35. The van der Waals surface area contributed by atoms with Gasteiger partial charge in [-0.05, 0) is 12.1 Å². The van der Waals surface area contributed by atoms with Crippen LogP contribution in [-0.2, 0) is 14.3 Å². The highest BCUT2D eigenvalue weighted by atomic mass is 35.5. The number of carbonyl (C=O) groups is 1. The number of hydrogen-bond acceptors (Lipinski definition) is 5. The highest BCUT2D eigenvalue weighted by molar-refractivity contribution is 6.18. The Bertz CT molecular complexity index is 533. The van der Waals surface area contributed by atoms with Crippen LogP contribution in [0.5, 0.6) is 0 Å². The molecule has 0 aromatic heterocycles. The molecule has 3 atom stereocenters. The average Bonchev–Trinajstić information content (AvgIpc) is 2.99. The summed E-state index contributed by atoms with van der Waals surface area (Å²) < 4.78 is 24.9. The lowest BCUT2D eigenvalue weighted by Crippen LogP contribution is -2.44. The monoisotopic (exact) mass is 328 g/mol. The first-order chi connectivity index (χ1) is 10.7. The van der Waals surface area contributed by atoms with E-state index in [1.807, 2.05) is 29.2 Å². The molecule has 1 aromatic rings. The zero-order valence-electron chi connectivity index (χ0n) is 12.0. The molecule has 1 aromatic carbocycles. The quantitative estimate of drug-likeness (QED) is 0.479. The van der Waals surface area contributed by atoms with Crippen LogP contribution in [0.15, 0.2) is 24.3 Å². The number of rotatable bonds is 4. The summed E-state index contributed by atoms with van der Waals surface area (Å²) in [6.45, 7) is 1.50. The molecule has 2 saturated heterocycles. The minimum absolute atomic E-state index is 0.0479. The number of anilines is 2. The third kappa shape index (κ3) is 2.91. The highest BCUT2D eigenvalue weighted by Crippen LogP contribution is 2.35. The van der Waals surface area contributed by atoms with Crippen molar-refractivity contribution in [1.82, 2.24) is 0 Å². The predicted octanol–water partition coefficient (Wildman–Crippen LogP) is 1.79. The van der Waals surface area contributed by atoms with Gasteiger partial charge in [-0.15, -0.1) is 11.6 Å². The Morgan fingerprint density at radius 3 is 2.68 bits per heavy atom. The molecule has 5 nitrogen and oxygen atoms in total. The van der Waals surface area contributed by atoms with Gasteiger partial charge in [-0.3, -0.25) is 4.79 Å². The first kappa shape index (κ1) is 15.5. The smallest absolute Gasteiger partial charge is 0.196 e. The number of halogens is 2. The summed E-state index contributed by atoms with van der Waals surface area (Å²) in [5.41, 5.74) is 1.51. The van der Waals surface area contributed by atoms with Crippen molar-refractivity contribution in [1.29, 1.82) is 0 Å². The van der Waals surface area contributed by atoms with E-state index >= 15 is 0 Å². The number of ether oxygens (including phenoxy) is 2. The number of alkyl halides is 2. The normalized spacial score (nSPS) is 28.9. The van der Waals surface area contributed by atoms with Crippen molar-refractivity contribution >= 4 is 29.3 Å². The number of benzene rings is 1. The number of morpholine rings is 1. The zero-order valence-corrected chi connectivity index (χ0v) is 12.8. The zero-order chi connectivity index (χ0) is 15.5. The molecule has 0 spiro atoms. The van der Waals surface area contributed by atoms with Crippen molar-refractivity contribution in [3.63, 3.8) is 0 Å². The number of hydrogen-bond donors (Lipinski definition) is 0. The lowest BCUT2D eigenvalue weighted by molar-refractivity contribution is -0.116. The lowest BCUT2D eigenvalue weighted by Gasteiger charge is -2.35. The Balaban J connectivity index is 1.92. The largest absolute Gasteiger partial charge is 0.375 e. The molecular formula is C15H18ClFN2O3. The molecule has 2 fully saturated rings. The molecule has 3 unspecified atom stereocenters. The Kier molecular flexibility index (Phi) is 4.81. The molecule has 2 heterocycles. The molecule has 0 amide bonds. The second-order valence-corrected chi connectivity index (χ2v) is 5.59. The maximum absolute atomic E-state index is 14.2. The van der Waals surface area contributed by atoms with Crippen molar-refractivity contribution in [3.05, 3.63) is 24.3 Å². The summed E-state index contributed by atoms with van der Waals surface area (Å²) in [4.78, 5) is 14.8. The van der Waals surface area contributed by atoms with Crippen molar-refractivity contribution in [3.8, 4) is 0 Å². The molecule has 2 aliphatic heterocycles. The van der Waals surface area contributed by atoms with Crippen molar-refractivity contribution in [2.45, 2.75) is 18.6 Å². The highest BCUT2D eigenvalue weighted by Gasteiger charge is 2.35. The first-order valence-corrected chi connectivity index (χ1v) is 7.79. The molecule has 0 bridgehead atoms. The number of carbonyl (C=O) groups excluding carboxylic acids is 1. The van der Waals surface area contributed by atoms with Gasteiger partial charge in [0.2, 0.25) is 0 Å². The molecule has 3 rings (SSSR count). The topological polar surface area (TPSA) is 42.0 Å². The Morgan fingerprint density at radius 2 is 2.05 bits per heavy atom. The Labute approximate surface area is 133 Å². The SMILES string of the molecule is O=CC1OC(CCl)CN1c1ccccc1N1CCOCC1F. The lowest BCUT2D eigenvalue weighted by atomic mass is 10.2. The third-order valence-corrected chi connectivity index (χ3v) is 4.24. The van der Waals surface area contributed by atoms with Gasteiger partial charge in [0, 0.05) is 13.1 Å². The fourth-order valence-electron chi connectivity index (χ4n) is 2.86. The molecule has 0 aliphatic carbocycles. The van der Waals surface area contributed by atoms with Crippen molar-refractivity contribution < 1.29 is 18.7 Å². The van der Waals surface area contributed by atoms with Crippen LogP contribution >= 0.6 is 11.6 Å². The fourth-order valence-corrected chi connectivity index (χ4v) is 3.03. The minimum atomic E-state index is -1.20. The first-order valence-electron chi connectivity index (χ1n) is 7.25. The standard InChI is InChI=1S/C15H18ClFN2O3/c16-7-11-8-19(15(9-20)22-11)13-4-2-1-3-12(13)18-5-6-21-10-14(18)17/h1-4,9,11,14-15H,5-8,10H2. The summed E-state index contributed by atoms with van der Waals surface area (Å²) in [6, 6.07) is 7.44. The van der Waals surface area contributed by atoms with E-state index in [1.165, 1.54) is 0 Å². The van der Waals surface area contributed by atoms with E-state index in [0.717, 1.165) is 17.7 Å². The van der Waals surface area contributed by atoms with E-state index in [2.05, 4.69) is 0 Å². The van der Waals surface area contributed by atoms with Gasteiger partial charge in [0.05, 0.1) is 36.6 Å². The number of para-hydroxylation sites is 2. The molecule has 2 aliphatic rings. The summed E-state index contributed by atoms with van der Waals surface area (Å²) >= 11 is 5.84. The van der Waals surface area contributed by atoms with Crippen LogP contribution in [-0.4, -0.2) is 57.1 Å². The van der Waals surface area contributed by atoms with Crippen molar-refractivity contribution in [2.24, 2.45) is 0 Å². The van der Waals surface area contributed by atoms with E-state index in [0.29, 0.717) is 25.6 Å². The molecule has 120 valence electrons. The van der Waals surface area contributed by atoms with Crippen LogP contribution in [0.1, 0.15) is 0 Å². The van der Waals surface area contributed by atoms with Gasteiger partial charge >= 0.3 is 0 Å². The fraction of sp³-hybridized carbons (Fsp3) is 0.533. The average molecular weight is 329 g/mol. The molecule has 0 N–H and O–H groups in total. The van der Waals surface area contributed by atoms with E-state index in [4.69, 9.17) is 21.1 Å². The molecular weight excluding hydrogens is 311 g/mol. The van der Waals surface area contributed by atoms with Gasteiger partial charge in [-0.1, -0.05) is 12.1 Å². The van der Waals surface area contributed by atoms with Gasteiger partial charge in [-0.2, -0.15) is 0 Å². The number of nitrogens with zero attached hydrogens (tertiary/aromatic N) is 2. The van der Waals surface area contributed by atoms with Gasteiger partial charge in [-0.25, -0.2) is 4.39 Å². The third-order valence-electron chi connectivity index (χ3n) is 3.90. The van der Waals surface area contributed by atoms with Crippen LogP contribution in [0.4, 0.5) is 15.8 Å². The van der Waals surface area contributed by atoms with Crippen molar-refractivity contribution in [2.75, 3.05) is 42.0 Å². The predicted molar refractivity (Wildman–Crippen MR) is 82.3 cm³/mol. The molecule has 22 heavy (non-hydrogen) atoms. The second-order valence-electron chi connectivity index (χ2n) is 5.28. The van der Waals surface area contributed by atoms with E-state index in [1.54, 1.807) is 4.90 Å². The van der Waals surface area contributed by atoms with Gasteiger partial charge in [0.1, 0.15) is 0 Å². The van der Waals surface area contributed by atoms with Crippen LogP contribution in [0.3, 0.4) is 0 Å². The maximum atomic E-state index is 14.2. The molecule has 7 heteroatoms. The van der Waals surface area contributed by atoms with Crippen LogP contribution in [0, 0.1) is 0 Å². The maximum Gasteiger partial charge on any atom is 0.196 e. The Hall–Kier alpha value is -1.37. The van der Waals surface area contributed by atoms with Crippen LogP contribution < -0.4 is 9.80 Å². The second kappa shape index (κ2) is 6.81. The minimum Gasteiger partial charge on any atom is -0.375 e. The van der Waals surface area contributed by atoms with Crippen LogP contribution in [0.25, 0.3) is 0 Å².